The summed E-state index contributed by atoms with van der Waals surface area (Å²) in [4.78, 5) is 11.9. The standard InChI is InChI=1S/C13H11Cl2NO3/c14-9-4-1-3-8(12(9)15)13(18)16-7-10(17)11-5-2-6-19-11/h1-6,10,17H,7H2,(H,16,18). The lowest BCUT2D eigenvalue weighted by atomic mass is 10.2. The van der Waals surface area contributed by atoms with Crippen LogP contribution in [-0.2, 0) is 0 Å². The van der Waals surface area contributed by atoms with Crippen LogP contribution >= 0.6 is 23.2 Å². The van der Waals surface area contributed by atoms with E-state index < -0.39 is 12.0 Å². The fourth-order valence-corrected chi connectivity index (χ4v) is 1.93. The molecule has 0 bridgehead atoms. The minimum atomic E-state index is -0.906. The van der Waals surface area contributed by atoms with Crippen LogP contribution in [0.4, 0.5) is 0 Å². The largest absolute Gasteiger partial charge is 0.467 e. The van der Waals surface area contributed by atoms with Gasteiger partial charge in [0.1, 0.15) is 11.9 Å². The summed E-state index contributed by atoms with van der Waals surface area (Å²) in [6.45, 7) is 0.0230. The van der Waals surface area contributed by atoms with Crippen molar-refractivity contribution >= 4 is 29.1 Å². The van der Waals surface area contributed by atoms with Gasteiger partial charge in [0.05, 0.1) is 28.4 Å². The maximum Gasteiger partial charge on any atom is 0.252 e. The molecule has 0 saturated carbocycles. The maximum absolute atomic E-state index is 11.9. The summed E-state index contributed by atoms with van der Waals surface area (Å²) >= 11 is 11.8. The number of furan rings is 1. The number of hydrogen-bond acceptors (Lipinski definition) is 3. The van der Waals surface area contributed by atoms with E-state index in [1.54, 1.807) is 30.3 Å². The number of aliphatic hydroxyl groups is 1. The third kappa shape index (κ3) is 3.29. The van der Waals surface area contributed by atoms with Crippen LogP contribution in [0.3, 0.4) is 0 Å². The molecule has 1 unspecified atom stereocenters. The van der Waals surface area contributed by atoms with E-state index >= 15 is 0 Å². The third-order valence-corrected chi connectivity index (χ3v) is 3.34. The van der Waals surface area contributed by atoms with Crippen LogP contribution in [0.25, 0.3) is 0 Å². The van der Waals surface area contributed by atoms with Crippen LogP contribution in [0.5, 0.6) is 0 Å². The fraction of sp³-hybridized carbons (Fsp3) is 0.154. The predicted octanol–water partition coefficient (Wildman–Crippen LogP) is 3.05. The molecule has 6 heteroatoms. The predicted molar refractivity (Wildman–Crippen MR) is 72.5 cm³/mol. The smallest absolute Gasteiger partial charge is 0.252 e. The molecule has 0 saturated heterocycles. The number of nitrogens with one attached hydrogen (secondary N) is 1. The van der Waals surface area contributed by atoms with E-state index in [-0.39, 0.29) is 17.1 Å². The van der Waals surface area contributed by atoms with Crippen molar-refractivity contribution in [1.29, 1.82) is 0 Å². The van der Waals surface area contributed by atoms with Crippen molar-refractivity contribution in [1.82, 2.24) is 5.32 Å². The summed E-state index contributed by atoms with van der Waals surface area (Å²) in [6.07, 6.45) is 0.547. The fourth-order valence-electron chi connectivity index (χ4n) is 1.55. The van der Waals surface area contributed by atoms with E-state index in [0.29, 0.717) is 10.8 Å². The Morgan fingerprint density at radius 1 is 1.32 bits per heavy atom. The molecule has 1 aromatic carbocycles. The molecule has 2 aromatic rings. The molecule has 0 aliphatic heterocycles. The van der Waals surface area contributed by atoms with Gasteiger partial charge >= 0.3 is 0 Å². The second-order valence-electron chi connectivity index (χ2n) is 3.84. The first-order valence-electron chi connectivity index (χ1n) is 5.53. The molecule has 100 valence electrons. The molecule has 2 N–H and O–H groups in total. The van der Waals surface area contributed by atoms with E-state index in [2.05, 4.69) is 5.32 Å². The highest BCUT2D eigenvalue weighted by Gasteiger charge is 2.15. The number of carbonyl (C=O) groups is 1. The number of carbonyl (C=O) groups excluding carboxylic acids is 1. The number of aliphatic hydroxyl groups excluding tert-OH is 1. The summed E-state index contributed by atoms with van der Waals surface area (Å²) in [5.41, 5.74) is 0.265. The molecule has 0 radical (unpaired) electrons. The number of benzene rings is 1. The summed E-state index contributed by atoms with van der Waals surface area (Å²) < 4.78 is 5.03. The molecule has 1 amide bonds. The van der Waals surface area contributed by atoms with Crippen LogP contribution in [0.15, 0.2) is 41.0 Å². The highest BCUT2D eigenvalue weighted by atomic mass is 35.5. The van der Waals surface area contributed by atoms with Gasteiger partial charge in [-0.25, -0.2) is 0 Å². The molecule has 0 spiro atoms. The van der Waals surface area contributed by atoms with Crippen molar-refractivity contribution in [3.63, 3.8) is 0 Å². The second-order valence-corrected chi connectivity index (χ2v) is 4.63. The van der Waals surface area contributed by atoms with E-state index in [1.165, 1.54) is 6.26 Å². The molecule has 0 fully saturated rings. The van der Waals surface area contributed by atoms with Crippen molar-refractivity contribution in [3.8, 4) is 0 Å². The normalized spacial score (nSPS) is 12.2. The van der Waals surface area contributed by atoms with Gasteiger partial charge in [-0.05, 0) is 24.3 Å². The van der Waals surface area contributed by atoms with Crippen molar-refractivity contribution in [2.24, 2.45) is 0 Å². The number of rotatable bonds is 4. The molecule has 2 rings (SSSR count). The van der Waals surface area contributed by atoms with Gasteiger partial charge in [0.25, 0.3) is 5.91 Å². The van der Waals surface area contributed by atoms with Crippen LogP contribution in [0.1, 0.15) is 22.2 Å². The van der Waals surface area contributed by atoms with Gasteiger partial charge < -0.3 is 14.8 Å². The zero-order valence-electron chi connectivity index (χ0n) is 9.77. The molecule has 1 heterocycles. The number of hydrogen-bond donors (Lipinski definition) is 2. The Labute approximate surface area is 119 Å². The highest BCUT2D eigenvalue weighted by Crippen LogP contribution is 2.25. The van der Waals surface area contributed by atoms with Gasteiger partial charge in [-0.15, -0.1) is 0 Å². The van der Waals surface area contributed by atoms with E-state index in [9.17, 15) is 9.90 Å². The van der Waals surface area contributed by atoms with Gasteiger partial charge in [0.15, 0.2) is 0 Å². The topological polar surface area (TPSA) is 62.5 Å². The monoisotopic (exact) mass is 299 g/mol. The maximum atomic E-state index is 11.9. The van der Waals surface area contributed by atoms with Gasteiger partial charge in [0.2, 0.25) is 0 Å². The molecular formula is C13H11Cl2NO3. The van der Waals surface area contributed by atoms with E-state index in [0.717, 1.165) is 0 Å². The van der Waals surface area contributed by atoms with E-state index in [1.807, 2.05) is 0 Å². The molecule has 1 aromatic heterocycles. The lowest BCUT2D eigenvalue weighted by Gasteiger charge is -2.10. The zero-order chi connectivity index (χ0) is 13.8. The molecule has 0 aliphatic carbocycles. The van der Waals surface area contributed by atoms with Crippen molar-refractivity contribution in [2.75, 3.05) is 6.54 Å². The first kappa shape index (κ1) is 13.9. The van der Waals surface area contributed by atoms with Gasteiger partial charge in [-0.3, -0.25) is 4.79 Å². The SMILES string of the molecule is O=C(NCC(O)c1ccco1)c1cccc(Cl)c1Cl. The summed E-state index contributed by atoms with van der Waals surface area (Å²) in [7, 11) is 0. The van der Waals surface area contributed by atoms with Gasteiger partial charge in [-0.2, -0.15) is 0 Å². The first-order chi connectivity index (χ1) is 9.09. The average molecular weight is 300 g/mol. The van der Waals surface area contributed by atoms with Crippen molar-refractivity contribution in [2.45, 2.75) is 6.10 Å². The Morgan fingerprint density at radius 3 is 2.79 bits per heavy atom. The summed E-state index contributed by atoms with van der Waals surface area (Å²) in [5.74, 6) is -0.0180. The highest BCUT2D eigenvalue weighted by molar-refractivity contribution is 6.43. The van der Waals surface area contributed by atoms with E-state index in [4.69, 9.17) is 27.6 Å². The lowest BCUT2D eigenvalue weighted by molar-refractivity contribution is 0.0901. The molecule has 1 atom stereocenters. The molecular weight excluding hydrogens is 289 g/mol. The minimum absolute atomic E-state index is 0.0230. The molecule has 0 aliphatic rings. The van der Waals surface area contributed by atoms with Crippen LogP contribution in [0.2, 0.25) is 10.0 Å². The van der Waals surface area contributed by atoms with Gasteiger partial charge in [0, 0.05) is 0 Å². The Kier molecular flexibility index (Phi) is 4.47. The quantitative estimate of drug-likeness (QED) is 0.912. The van der Waals surface area contributed by atoms with Crippen LogP contribution in [-0.4, -0.2) is 17.6 Å². The molecule has 4 nitrogen and oxygen atoms in total. The van der Waals surface area contributed by atoms with Crippen LogP contribution in [0, 0.1) is 0 Å². The van der Waals surface area contributed by atoms with Crippen molar-refractivity contribution in [3.05, 3.63) is 58.0 Å². The number of amides is 1. The van der Waals surface area contributed by atoms with Crippen LogP contribution < -0.4 is 5.32 Å². The summed E-state index contributed by atoms with van der Waals surface area (Å²) in [5, 5.41) is 12.8. The molecule has 19 heavy (non-hydrogen) atoms. The van der Waals surface area contributed by atoms with Gasteiger partial charge in [-0.1, -0.05) is 29.3 Å². The average Bonchev–Trinajstić information content (AvgIpc) is 2.93. The minimum Gasteiger partial charge on any atom is -0.467 e. The Hall–Kier alpha value is -1.49. The Bertz CT molecular complexity index is 569. The third-order valence-electron chi connectivity index (χ3n) is 2.52. The summed E-state index contributed by atoms with van der Waals surface area (Å²) in [6, 6.07) is 8.07. The number of halogens is 2. The Morgan fingerprint density at radius 2 is 2.11 bits per heavy atom. The second kappa shape index (κ2) is 6.10. The first-order valence-corrected chi connectivity index (χ1v) is 6.29. The zero-order valence-corrected chi connectivity index (χ0v) is 11.3. The van der Waals surface area contributed by atoms with Crippen molar-refractivity contribution < 1.29 is 14.3 Å². The lowest BCUT2D eigenvalue weighted by Crippen LogP contribution is -2.28. The Balaban J connectivity index is 2.00.